The molecule has 2 aromatic carbocycles. The van der Waals surface area contributed by atoms with E-state index in [9.17, 15) is 4.79 Å². The fourth-order valence-corrected chi connectivity index (χ4v) is 3.73. The van der Waals surface area contributed by atoms with Gasteiger partial charge in [-0.15, -0.1) is 0 Å². The van der Waals surface area contributed by atoms with Crippen molar-refractivity contribution in [3.63, 3.8) is 0 Å². The standard InChI is InChI=1S/C22H29N3O2/c1-24(2)19-8-6-7-18(15-19)22(26)23-16-21(25-13-4-5-14-25)17-9-11-20(27-3)12-10-17/h6-12,15,21H,4-5,13-14,16H2,1-3H3,(H,23,26)/p+1/t21-/m0/s1. The fraction of sp³-hybridized carbons (Fsp3) is 0.409. The number of hydrogen-bond donors (Lipinski definition) is 2. The van der Waals surface area contributed by atoms with E-state index in [1.807, 2.05) is 55.4 Å². The van der Waals surface area contributed by atoms with Crippen LogP contribution in [0.15, 0.2) is 48.5 Å². The van der Waals surface area contributed by atoms with Crippen molar-refractivity contribution in [1.29, 1.82) is 0 Å². The maximum Gasteiger partial charge on any atom is 0.251 e. The van der Waals surface area contributed by atoms with E-state index in [4.69, 9.17) is 4.74 Å². The Kier molecular flexibility index (Phi) is 6.35. The molecule has 0 saturated carbocycles. The smallest absolute Gasteiger partial charge is 0.251 e. The number of carbonyl (C=O) groups is 1. The first kappa shape index (κ1) is 19.2. The Morgan fingerprint density at radius 3 is 2.48 bits per heavy atom. The van der Waals surface area contributed by atoms with Gasteiger partial charge in [0.25, 0.3) is 5.91 Å². The molecule has 0 bridgehead atoms. The molecular formula is C22H30N3O2+. The summed E-state index contributed by atoms with van der Waals surface area (Å²) in [5, 5.41) is 3.16. The lowest BCUT2D eigenvalue weighted by atomic mass is 10.0. The topological polar surface area (TPSA) is 46.0 Å². The van der Waals surface area contributed by atoms with Crippen LogP contribution >= 0.6 is 0 Å². The number of anilines is 1. The van der Waals surface area contributed by atoms with Gasteiger partial charge in [-0.3, -0.25) is 4.79 Å². The van der Waals surface area contributed by atoms with Gasteiger partial charge >= 0.3 is 0 Å². The Morgan fingerprint density at radius 2 is 1.85 bits per heavy atom. The number of rotatable bonds is 7. The zero-order valence-electron chi connectivity index (χ0n) is 16.5. The summed E-state index contributed by atoms with van der Waals surface area (Å²) in [6, 6.07) is 16.2. The second kappa shape index (κ2) is 8.91. The summed E-state index contributed by atoms with van der Waals surface area (Å²) >= 11 is 0. The molecule has 1 amide bonds. The van der Waals surface area contributed by atoms with Crippen molar-refractivity contribution >= 4 is 11.6 Å². The molecule has 0 spiro atoms. The van der Waals surface area contributed by atoms with E-state index in [0.29, 0.717) is 12.1 Å². The van der Waals surface area contributed by atoms with Gasteiger partial charge in [-0.25, -0.2) is 0 Å². The van der Waals surface area contributed by atoms with E-state index < -0.39 is 0 Å². The maximum absolute atomic E-state index is 12.7. The molecule has 1 fully saturated rings. The second-order valence-electron chi connectivity index (χ2n) is 7.35. The molecule has 0 radical (unpaired) electrons. The summed E-state index contributed by atoms with van der Waals surface area (Å²) in [4.78, 5) is 16.3. The molecule has 144 valence electrons. The number of quaternary nitrogens is 1. The summed E-state index contributed by atoms with van der Waals surface area (Å²) in [6.07, 6.45) is 2.50. The maximum atomic E-state index is 12.7. The molecule has 27 heavy (non-hydrogen) atoms. The third-order valence-corrected chi connectivity index (χ3v) is 5.35. The number of carbonyl (C=O) groups excluding carboxylic acids is 1. The van der Waals surface area contributed by atoms with Crippen LogP contribution in [0, 0.1) is 0 Å². The number of hydrogen-bond acceptors (Lipinski definition) is 3. The molecule has 1 aliphatic rings. The number of ether oxygens (including phenoxy) is 1. The van der Waals surface area contributed by atoms with Gasteiger partial charge < -0.3 is 19.9 Å². The second-order valence-corrected chi connectivity index (χ2v) is 7.35. The van der Waals surface area contributed by atoms with Crippen molar-refractivity contribution in [1.82, 2.24) is 5.32 Å². The summed E-state index contributed by atoms with van der Waals surface area (Å²) in [5.41, 5.74) is 2.97. The first-order valence-electron chi connectivity index (χ1n) is 9.62. The highest BCUT2D eigenvalue weighted by Crippen LogP contribution is 2.17. The number of benzene rings is 2. The predicted molar refractivity (Wildman–Crippen MR) is 109 cm³/mol. The molecular weight excluding hydrogens is 338 g/mol. The molecule has 5 heteroatoms. The van der Waals surface area contributed by atoms with Gasteiger partial charge in [0.2, 0.25) is 0 Å². The summed E-state index contributed by atoms with van der Waals surface area (Å²) < 4.78 is 5.28. The minimum atomic E-state index is -0.0178. The van der Waals surface area contributed by atoms with E-state index in [-0.39, 0.29) is 11.9 Å². The molecule has 5 nitrogen and oxygen atoms in total. The molecule has 1 aliphatic heterocycles. The quantitative estimate of drug-likeness (QED) is 0.785. The SMILES string of the molecule is COc1ccc([C@H](CNC(=O)c2cccc(N(C)C)c2)[NH+]2CCCC2)cc1. The highest BCUT2D eigenvalue weighted by atomic mass is 16.5. The normalized spacial score (nSPS) is 15.4. The van der Waals surface area contributed by atoms with Gasteiger partial charge in [0.05, 0.1) is 26.7 Å². The first-order chi connectivity index (χ1) is 13.1. The summed E-state index contributed by atoms with van der Waals surface area (Å²) in [7, 11) is 5.64. The molecule has 0 aromatic heterocycles. The van der Waals surface area contributed by atoms with Crippen LogP contribution in [0.4, 0.5) is 5.69 Å². The zero-order valence-corrected chi connectivity index (χ0v) is 16.5. The van der Waals surface area contributed by atoms with Crippen molar-refractivity contribution in [2.75, 3.05) is 45.7 Å². The van der Waals surface area contributed by atoms with Crippen molar-refractivity contribution in [3.05, 3.63) is 59.7 Å². The molecule has 2 N–H and O–H groups in total. The molecule has 1 heterocycles. The van der Waals surface area contributed by atoms with Crippen LogP contribution in [0.5, 0.6) is 5.75 Å². The van der Waals surface area contributed by atoms with E-state index in [0.717, 1.165) is 24.5 Å². The lowest BCUT2D eigenvalue weighted by Gasteiger charge is -2.25. The largest absolute Gasteiger partial charge is 0.497 e. The molecule has 3 rings (SSSR count). The van der Waals surface area contributed by atoms with Crippen molar-refractivity contribution < 1.29 is 14.4 Å². The Morgan fingerprint density at radius 1 is 1.15 bits per heavy atom. The Bertz CT molecular complexity index is 752. The molecule has 2 aromatic rings. The Balaban J connectivity index is 1.72. The molecule has 0 unspecified atom stereocenters. The lowest BCUT2D eigenvalue weighted by Crippen LogP contribution is -3.11. The van der Waals surface area contributed by atoms with E-state index in [1.165, 1.54) is 18.4 Å². The third-order valence-electron chi connectivity index (χ3n) is 5.35. The average molecular weight is 369 g/mol. The van der Waals surface area contributed by atoms with Crippen molar-refractivity contribution in [2.24, 2.45) is 0 Å². The zero-order chi connectivity index (χ0) is 19.2. The van der Waals surface area contributed by atoms with Crippen LogP contribution in [-0.4, -0.2) is 46.7 Å². The number of likely N-dealkylation sites (tertiary alicyclic amines) is 1. The van der Waals surface area contributed by atoms with Crippen LogP contribution in [0.25, 0.3) is 0 Å². The van der Waals surface area contributed by atoms with Gasteiger partial charge in [0.1, 0.15) is 11.8 Å². The highest BCUT2D eigenvalue weighted by Gasteiger charge is 2.28. The van der Waals surface area contributed by atoms with Crippen LogP contribution in [-0.2, 0) is 0 Å². The highest BCUT2D eigenvalue weighted by molar-refractivity contribution is 5.95. The number of nitrogens with zero attached hydrogens (tertiary/aromatic N) is 1. The van der Waals surface area contributed by atoms with E-state index in [1.54, 1.807) is 12.0 Å². The minimum Gasteiger partial charge on any atom is -0.497 e. The van der Waals surface area contributed by atoms with Gasteiger partial charge in [-0.05, 0) is 42.5 Å². The van der Waals surface area contributed by atoms with E-state index in [2.05, 4.69) is 17.4 Å². The monoisotopic (exact) mass is 368 g/mol. The van der Waals surface area contributed by atoms with Gasteiger partial charge in [-0.1, -0.05) is 6.07 Å². The van der Waals surface area contributed by atoms with Gasteiger partial charge in [-0.2, -0.15) is 0 Å². The number of methoxy groups -OCH3 is 1. The Hall–Kier alpha value is -2.53. The van der Waals surface area contributed by atoms with Crippen LogP contribution in [0.2, 0.25) is 0 Å². The number of amides is 1. The lowest BCUT2D eigenvalue weighted by molar-refractivity contribution is -0.918. The van der Waals surface area contributed by atoms with Gasteiger partial charge in [0, 0.05) is 43.8 Å². The Labute approximate surface area is 161 Å². The van der Waals surface area contributed by atoms with Crippen LogP contribution < -0.4 is 19.9 Å². The third kappa shape index (κ3) is 4.80. The minimum absolute atomic E-state index is 0.0178. The predicted octanol–water partition coefficient (Wildman–Crippen LogP) is 1.91. The fourth-order valence-electron chi connectivity index (χ4n) is 3.73. The van der Waals surface area contributed by atoms with E-state index >= 15 is 0 Å². The van der Waals surface area contributed by atoms with Crippen molar-refractivity contribution in [2.45, 2.75) is 18.9 Å². The molecule has 1 saturated heterocycles. The van der Waals surface area contributed by atoms with Crippen LogP contribution in [0.1, 0.15) is 34.8 Å². The summed E-state index contributed by atoms with van der Waals surface area (Å²) in [5.74, 6) is 0.842. The van der Waals surface area contributed by atoms with Crippen molar-refractivity contribution in [3.8, 4) is 5.75 Å². The van der Waals surface area contributed by atoms with Gasteiger partial charge in [0.15, 0.2) is 0 Å². The summed E-state index contributed by atoms with van der Waals surface area (Å²) in [6.45, 7) is 2.94. The first-order valence-corrected chi connectivity index (χ1v) is 9.62. The van der Waals surface area contributed by atoms with Crippen LogP contribution in [0.3, 0.4) is 0 Å². The number of nitrogens with one attached hydrogen (secondary N) is 2. The molecule has 1 atom stereocenters. The average Bonchev–Trinajstić information content (AvgIpc) is 3.23. The molecule has 0 aliphatic carbocycles.